The van der Waals surface area contributed by atoms with Crippen molar-refractivity contribution in [2.24, 2.45) is 0 Å². The van der Waals surface area contributed by atoms with Crippen LogP contribution in [-0.4, -0.2) is 35.4 Å². The van der Waals surface area contributed by atoms with Gasteiger partial charge in [0.15, 0.2) is 0 Å². The summed E-state index contributed by atoms with van der Waals surface area (Å²) in [7, 11) is 0. The smallest absolute Gasteiger partial charge is 0.241 e. The van der Waals surface area contributed by atoms with Crippen molar-refractivity contribution in [1.82, 2.24) is 9.88 Å². The summed E-state index contributed by atoms with van der Waals surface area (Å²) in [5.74, 6) is 0.811. The van der Waals surface area contributed by atoms with Crippen LogP contribution in [0.25, 0.3) is 0 Å². The molecule has 0 bridgehead atoms. The number of hydrogen-bond acceptors (Lipinski definition) is 3. The fourth-order valence-corrected chi connectivity index (χ4v) is 1.84. The summed E-state index contributed by atoms with van der Waals surface area (Å²) in [4.78, 5) is 17.6. The molecule has 2 heterocycles. The number of carbonyl (C=O) groups is 1. The number of likely N-dealkylation sites (tertiary alicyclic amines) is 1. The van der Waals surface area contributed by atoms with Crippen LogP contribution >= 0.6 is 11.6 Å². The maximum Gasteiger partial charge on any atom is 0.241 e. The van der Waals surface area contributed by atoms with Crippen molar-refractivity contribution >= 4 is 23.3 Å². The standard InChI is InChI=1S/C11H14ClN3O/c12-9-3-4-10(13-7-9)14-8-11(16)15-5-1-2-6-15/h3-4,7H,1-2,5-6,8H2,(H,13,14). The molecule has 0 unspecified atom stereocenters. The predicted octanol–water partition coefficient (Wildman–Crippen LogP) is 1.77. The zero-order valence-electron chi connectivity index (χ0n) is 8.95. The Morgan fingerprint density at radius 2 is 2.19 bits per heavy atom. The van der Waals surface area contributed by atoms with E-state index in [2.05, 4.69) is 10.3 Å². The summed E-state index contributed by atoms with van der Waals surface area (Å²) in [6.07, 6.45) is 3.79. The molecule has 5 heteroatoms. The number of hydrogen-bond donors (Lipinski definition) is 1. The van der Waals surface area contributed by atoms with Gasteiger partial charge >= 0.3 is 0 Å². The molecule has 0 aliphatic carbocycles. The summed E-state index contributed by atoms with van der Waals surface area (Å²) >= 11 is 5.71. The van der Waals surface area contributed by atoms with Gasteiger partial charge in [0.2, 0.25) is 5.91 Å². The van der Waals surface area contributed by atoms with Gasteiger partial charge in [-0.05, 0) is 25.0 Å². The number of amides is 1. The second-order valence-corrected chi connectivity index (χ2v) is 4.24. The Morgan fingerprint density at radius 1 is 1.44 bits per heavy atom. The zero-order chi connectivity index (χ0) is 11.4. The van der Waals surface area contributed by atoms with Crippen LogP contribution in [0.2, 0.25) is 5.02 Å². The number of pyridine rings is 1. The number of halogens is 1. The molecule has 0 saturated carbocycles. The highest BCUT2D eigenvalue weighted by atomic mass is 35.5. The molecular weight excluding hydrogens is 226 g/mol. The number of rotatable bonds is 3. The minimum absolute atomic E-state index is 0.134. The van der Waals surface area contributed by atoms with Gasteiger partial charge in [-0.25, -0.2) is 4.98 Å². The molecule has 86 valence electrons. The summed E-state index contributed by atoms with van der Waals surface area (Å²) in [6.45, 7) is 2.07. The van der Waals surface area contributed by atoms with Crippen molar-refractivity contribution in [3.63, 3.8) is 0 Å². The molecule has 2 rings (SSSR count). The van der Waals surface area contributed by atoms with Gasteiger partial charge in [-0.1, -0.05) is 11.6 Å². The molecule has 0 radical (unpaired) electrons. The Hall–Kier alpha value is -1.29. The maximum absolute atomic E-state index is 11.7. The predicted molar refractivity (Wildman–Crippen MR) is 63.6 cm³/mol. The van der Waals surface area contributed by atoms with Crippen LogP contribution < -0.4 is 5.32 Å². The van der Waals surface area contributed by atoms with Crippen molar-refractivity contribution in [2.75, 3.05) is 25.0 Å². The second kappa shape index (κ2) is 5.16. The molecular formula is C11H14ClN3O. The van der Waals surface area contributed by atoms with Crippen molar-refractivity contribution < 1.29 is 4.79 Å². The third-order valence-corrected chi connectivity index (χ3v) is 2.83. The maximum atomic E-state index is 11.7. The Labute approximate surface area is 99.6 Å². The van der Waals surface area contributed by atoms with Gasteiger partial charge < -0.3 is 10.2 Å². The van der Waals surface area contributed by atoms with Crippen molar-refractivity contribution in [3.05, 3.63) is 23.4 Å². The van der Waals surface area contributed by atoms with Crippen LogP contribution in [-0.2, 0) is 4.79 Å². The Kier molecular flexibility index (Phi) is 3.62. The number of nitrogens with zero attached hydrogens (tertiary/aromatic N) is 2. The van der Waals surface area contributed by atoms with Crippen molar-refractivity contribution in [1.29, 1.82) is 0 Å². The first-order chi connectivity index (χ1) is 7.75. The van der Waals surface area contributed by atoms with Gasteiger partial charge in [0.25, 0.3) is 0 Å². The lowest BCUT2D eigenvalue weighted by molar-refractivity contribution is -0.128. The third-order valence-electron chi connectivity index (χ3n) is 2.61. The average molecular weight is 240 g/mol. The quantitative estimate of drug-likeness (QED) is 0.875. The molecule has 1 saturated heterocycles. The van der Waals surface area contributed by atoms with Crippen molar-refractivity contribution in [2.45, 2.75) is 12.8 Å². The van der Waals surface area contributed by atoms with Crippen LogP contribution in [0.3, 0.4) is 0 Å². The summed E-state index contributed by atoms with van der Waals surface area (Å²) < 4.78 is 0. The van der Waals surface area contributed by atoms with Gasteiger partial charge in [-0.3, -0.25) is 4.79 Å². The molecule has 1 aromatic rings. The highest BCUT2D eigenvalue weighted by Crippen LogP contribution is 2.10. The van der Waals surface area contributed by atoms with Gasteiger partial charge in [-0.15, -0.1) is 0 Å². The van der Waals surface area contributed by atoms with Crippen LogP contribution in [0.1, 0.15) is 12.8 Å². The van der Waals surface area contributed by atoms with Gasteiger partial charge in [0, 0.05) is 19.3 Å². The second-order valence-electron chi connectivity index (χ2n) is 3.80. The van der Waals surface area contributed by atoms with Gasteiger partial charge in [0.1, 0.15) is 5.82 Å². The van der Waals surface area contributed by atoms with E-state index >= 15 is 0 Å². The van der Waals surface area contributed by atoms with E-state index in [9.17, 15) is 4.79 Å². The van der Waals surface area contributed by atoms with E-state index in [-0.39, 0.29) is 5.91 Å². The molecule has 0 spiro atoms. The molecule has 1 aliphatic heterocycles. The molecule has 1 aliphatic rings. The monoisotopic (exact) mass is 239 g/mol. The SMILES string of the molecule is O=C(CNc1ccc(Cl)cn1)N1CCCC1. The average Bonchev–Trinajstić information content (AvgIpc) is 2.81. The number of aromatic nitrogens is 1. The molecule has 0 atom stereocenters. The molecule has 1 N–H and O–H groups in total. The van der Waals surface area contributed by atoms with Crippen LogP contribution in [0, 0.1) is 0 Å². The first kappa shape index (κ1) is 11.2. The van der Waals surface area contributed by atoms with Crippen LogP contribution in [0.15, 0.2) is 18.3 Å². The lowest BCUT2D eigenvalue weighted by Gasteiger charge is -2.15. The molecule has 1 aromatic heterocycles. The lowest BCUT2D eigenvalue weighted by Crippen LogP contribution is -2.33. The minimum atomic E-state index is 0.134. The van der Waals surface area contributed by atoms with Crippen LogP contribution in [0.4, 0.5) is 5.82 Å². The summed E-state index contributed by atoms with van der Waals surface area (Å²) in [6, 6.07) is 3.51. The largest absolute Gasteiger partial charge is 0.361 e. The Balaban J connectivity index is 1.82. The Morgan fingerprint density at radius 3 is 2.81 bits per heavy atom. The van der Waals surface area contributed by atoms with E-state index in [0.29, 0.717) is 17.4 Å². The zero-order valence-corrected chi connectivity index (χ0v) is 9.70. The normalized spacial score (nSPS) is 15.2. The van der Waals surface area contributed by atoms with E-state index in [4.69, 9.17) is 11.6 Å². The molecule has 16 heavy (non-hydrogen) atoms. The summed E-state index contributed by atoms with van der Waals surface area (Å²) in [5.41, 5.74) is 0. The lowest BCUT2D eigenvalue weighted by atomic mass is 10.4. The molecule has 0 aromatic carbocycles. The van der Waals surface area contributed by atoms with Gasteiger partial charge in [-0.2, -0.15) is 0 Å². The molecule has 1 amide bonds. The highest BCUT2D eigenvalue weighted by molar-refractivity contribution is 6.30. The molecule has 4 nitrogen and oxygen atoms in total. The van der Waals surface area contributed by atoms with E-state index in [1.807, 2.05) is 4.90 Å². The fourth-order valence-electron chi connectivity index (χ4n) is 1.72. The third kappa shape index (κ3) is 2.85. The number of carbonyl (C=O) groups excluding carboxylic acids is 1. The van der Waals surface area contributed by atoms with E-state index < -0.39 is 0 Å². The number of anilines is 1. The fraction of sp³-hybridized carbons (Fsp3) is 0.455. The highest BCUT2D eigenvalue weighted by Gasteiger charge is 2.17. The Bertz CT molecular complexity index is 360. The van der Waals surface area contributed by atoms with Gasteiger partial charge in [0.05, 0.1) is 11.6 Å². The topological polar surface area (TPSA) is 45.2 Å². The van der Waals surface area contributed by atoms with E-state index in [1.165, 1.54) is 0 Å². The number of nitrogens with one attached hydrogen (secondary N) is 1. The first-order valence-electron chi connectivity index (χ1n) is 5.39. The molecule has 1 fully saturated rings. The van der Waals surface area contributed by atoms with E-state index in [0.717, 1.165) is 25.9 Å². The first-order valence-corrected chi connectivity index (χ1v) is 5.77. The minimum Gasteiger partial charge on any atom is -0.361 e. The van der Waals surface area contributed by atoms with Crippen LogP contribution in [0.5, 0.6) is 0 Å². The van der Waals surface area contributed by atoms with E-state index in [1.54, 1.807) is 18.3 Å². The summed E-state index contributed by atoms with van der Waals surface area (Å²) in [5, 5.41) is 3.58. The van der Waals surface area contributed by atoms with Crippen molar-refractivity contribution in [3.8, 4) is 0 Å².